The smallest absolute Gasteiger partial charge is 0.255 e. The van der Waals surface area contributed by atoms with E-state index in [2.05, 4.69) is 55.6 Å². The molecule has 0 saturated carbocycles. The summed E-state index contributed by atoms with van der Waals surface area (Å²) in [5.74, 6) is 0.528. The minimum atomic E-state index is -0.160. The summed E-state index contributed by atoms with van der Waals surface area (Å²) in [6.07, 6.45) is 1.54. The third-order valence-corrected chi connectivity index (χ3v) is 5.06. The van der Waals surface area contributed by atoms with E-state index < -0.39 is 0 Å². The van der Waals surface area contributed by atoms with Crippen LogP contribution in [0.25, 0.3) is 11.3 Å². The summed E-state index contributed by atoms with van der Waals surface area (Å²) in [5, 5.41) is 6.14. The summed E-state index contributed by atoms with van der Waals surface area (Å²) < 4.78 is 0.964. The van der Waals surface area contributed by atoms with E-state index in [9.17, 15) is 4.79 Å². The zero-order valence-corrected chi connectivity index (χ0v) is 17.8. The van der Waals surface area contributed by atoms with Crippen LogP contribution in [0.4, 0.5) is 17.2 Å². The van der Waals surface area contributed by atoms with Crippen molar-refractivity contribution < 1.29 is 4.79 Å². The Kier molecular flexibility index (Phi) is 5.86. The number of benzene rings is 3. The highest BCUT2D eigenvalue weighted by Gasteiger charge is 2.07. The quantitative estimate of drug-likeness (QED) is 0.372. The van der Waals surface area contributed by atoms with Crippen LogP contribution >= 0.6 is 15.9 Å². The lowest BCUT2D eigenvalue weighted by Gasteiger charge is -2.09. The summed E-state index contributed by atoms with van der Waals surface area (Å²) in [5.41, 5.74) is 5.24. The van der Waals surface area contributed by atoms with E-state index in [1.54, 1.807) is 12.1 Å². The molecule has 6 heteroatoms. The normalized spacial score (nSPS) is 10.5. The molecule has 0 radical (unpaired) electrons. The Morgan fingerprint density at radius 1 is 0.833 bits per heavy atom. The van der Waals surface area contributed by atoms with Gasteiger partial charge in [0, 0.05) is 33.0 Å². The van der Waals surface area contributed by atoms with E-state index in [4.69, 9.17) is 0 Å². The van der Waals surface area contributed by atoms with Crippen LogP contribution in [0, 0.1) is 6.92 Å². The number of nitrogens with zero attached hydrogens (tertiary/aromatic N) is 2. The molecule has 0 unspecified atom stereocenters. The third-order valence-electron chi connectivity index (χ3n) is 4.54. The number of carbonyl (C=O) groups is 1. The Morgan fingerprint density at radius 2 is 1.50 bits per heavy atom. The van der Waals surface area contributed by atoms with Crippen LogP contribution in [0.3, 0.4) is 0 Å². The van der Waals surface area contributed by atoms with Crippen LogP contribution in [0.5, 0.6) is 0 Å². The maximum Gasteiger partial charge on any atom is 0.255 e. The number of rotatable bonds is 5. The van der Waals surface area contributed by atoms with Gasteiger partial charge in [0.2, 0.25) is 0 Å². The van der Waals surface area contributed by atoms with Crippen LogP contribution in [0.15, 0.2) is 89.7 Å². The van der Waals surface area contributed by atoms with Crippen LogP contribution in [-0.4, -0.2) is 15.9 Å². The second-order valence-corrected chi connectivity index (χ2v) is 7.73. The molecule has 1 aromatic heterocycles. The topological polar surface area (TPSA) is 66.9 Å². The molecule has 0 saturated heterocycles. The maximum atomic E-state index is 12.4. The fourth-order valence-corrected chi connectivity index (χ4v) is 3.16. The highest BCUT2D eigenvalue weighted by atomic mass is 79.9. The molecule has 1 heterocycles. The molecule has 2 N–H and O–H groups in total. The summed E-state index contributed by atoms with van der Waals surface area (Å²) in [6, 6.07) is 24.8. The van der Waals surface area contributed by atoms with Crippen molar-refractivity contribution >= 4 is 39.0 Å². The number of amides is 1. The SMILES string of the molecule is Cc1ccc(-c2cc(Nc3ccc(C(=O)Nc4ccc(Br)cc4)cc3)ncn2)cc1. The first-order chi connectivity index (χ1) is 14.6. The number of carbonyl (C=O) groups excluding carboxylic acids is 1. The average molecular weight is 459 g/mol. The number of nitrogens with one attached hydrogen (secondary N) is 2. The Bertz CT molecular complexity index is 1160. The molecule has 4 rings (SSSR count). The van der Waals surface area contributed by atoms with Gasteiger partial charge in [0.15, 0.2) is 0 Å². The monoisotopic (exact) mass is 458 g/mol. The second-order valence-electron chi connectivity index (χ2n) is 6.82. The van der Waals surface area contributed by atoms with Gasteiger partial charge in [0.1, 0.15) is 12.1 Å². The summed E-state index contributed by atoms with van der Waals surface area (Å²) in [6.45, 7) is 2.06. The molecular formula is C24H19BrN4O. The molecule has 1 amide bonds. The van der Waals surface area contributed by atoms with Gasteiger partial charge in [0.25, 0.3) is 5.91 Å². The van der Waals surface area contributed by atoms with Crippen molar-refractivity contribution in [3.05, 3.63) is 101 Å². The summed E-state index contributed by atoms with van der Waals surface area (Å²) >= 11 is 3.38. The number of hydrogen-bond acceptors (Lipinski definition) is 4. The number of anilines is 3. The molecule has 0 fully saturated rings. The van der Waals surface area contributed by atoms with Gasteiger partial charge < -0.3 is 10.6 Å². The van der Waals surface area contributed by atoms with E-state index in [0.717, 1.165) is 27.1 Å². The van der Waals surface area contributed by atoms with E-state index in [-0.39, 0.29) is 5.91 Å². The molecule has 0 aliphatic carbocycles. The van der Waals surface area contributed by atoms with Gasteiger partial charge in [-0.1, -0.05) is 45.8 Å². The molecule has 0 spiro atoms. The predicted octanol–water partition coefficient (Wildman–Crippen LogP) is 6.21. The van der Waals surface area contributed by atoms with E-state index in [1.807, 2.05) is 54.6 Å². The second kappa shape index (κ2) is 8.88. The van der Waals surface area contributed by atoms with E-state index in [1.165, 1.54) is 11.9 Å². The first kappa shape index (κ1) is 19.8. The first-order valence-corrected chi connectivity index (χ1v) is 10.2. The number of aromatic nitrogens is 2. The van der Waals surface area contributed by atoms with Gasteiger partial charge in [-0.05, 0) is 55.5 Å². The zero-order chi connectivity index (χ0) is 20.9. The molecule has 0 aliphatic rings. The molecule has 0 bridgehead atoms. The fraction of sp³-hybridized carbons (Fsp3) is 0.0417. The standard InChI is InChI=1S/C24H19BrN4O/c1-16-2-4-17(5-3-16)22-14-23(27-15-26-22)28-20-10-6-18(7-11-20)24(30)29-21-12-8-19(25)9-13-21/h2-15H,1H3,(H,29,30)(H,26,27,28). The van der Waals surface area contributed by atoms with Gasteiger partial charge in [-0.15, -0.1) is 0 Å². The highest BCUT2D eigenvalue weighted by molar-refractivity contribution is 9.10. The molecule has 148 valence electrons. The Morgan fingerprint density at radius 3 is 2.20 bits per heavy atom. The lowest BCUT2D eigenvalue weighted by molar-refractivity contribution is 0.102. The minimum absolute atomic E-state index is 0.160. The third kappa shape index (κ3) is 4.90. The highest BCUT2D eigenvalue weighted by Crippen LogP contribution is 2.22. The zero-order valence-electron chi connectivity index (χ0n) is 16.3. The van der Waals surface area contributed by atoms with Crippen molar-refractivity contribution in [3.63, 3.8) is 0 Å². The molecule has 4 aromatic rings. The van der Waals surface area contributed by atoms with Crippen LogP contribution < -0.4 is 10.6 Å². The van der Waals surface area contributed by atoms with Crippen LogP contribution in [0.1, 0.15) is 15.9 Å². The van der Waals surface area contributed by atoms with Gasteiger partial charge in [-0.3, -0.25) is 4.79 Å². The van der Waals surface area contributed by atoms with Crippen molar-refractivity contribution in [1.82, 2.24) is 9.97 Å². The predicted molar refractivity (Wildman–Crippen MR) is 124 cm³/mol. The molecule has 3 aromatic carbocycles. The van der Waals surface area contributed by atoms with E-state index >= 15 is 0 Å². The van der Waals surface area contributed by atoms with Crippen molar-refractivity contribution in [2.45, 2.75) is 6.92 Å². The van der Waals surface area contributed by atoms with Crippen molar-refractivity contribution in [2.24, 2.45) is 0 Å². The van der Waals surface area contributed by atoms with Crippen molar-refractivity contribution in [1.29, 1.82) is 0 Å². The summed E-state index contributed by atoms with van der Waals surface area (Å²) in [4.78, 5) is 21.1. The molecule has 0 atom stereocenters. The van der Waals surface area contributed by atoms with Gasteiger partial charge in [-0.2, -0.15) is 0 Å². The Labute approximate surface area is 183 Å². The van der Waals surface area contributed by atoms with Crippen LogP contribution in [0.2, 0.25) is 0 Å². The number of hydrogen-bond donors (Lipinski definition) is 2. The van der Waals surface area contributed by atoms with Gasteiger partial charge >= 0.3 is 0 Å². The lowest BCUT2D eigenvalue weighted by atomic mass is 10.1. The number of halogens is 1. The molecular weight excluding hydrogens is 440 g/mol. The van der Waals surface area contributed by atoms with Gasteiger partial charge in [0.05, 0.1) is 5.69 Å². The first-order valence-electron chi connectivity index (χ1n) is 9.40. The summed E-state index contributed by atoms with van der Waals surface area (Å²) in [7, 11) is 0. The Balaban J connectivity index is 1.44. The van der Waals surface area contributed by atoms with Gasteiger partial charge in [-0.25, -0.2) is 9.97 Å². The molecule has 5 nitrogen and oxygen atoms in total. The fourth-order valence-electron chi connectivity index (χ4n) is 2.90. The minimum Gasteiger partial charge on any atom is -0.340 e. The Hall–Kier alpha value is -3.51. The van der Waals surface area contributed by atoms with Crippen molar-refractivity contribution in [3.8, 4) is 11.3 Å². The largest absolute Gasteiger partial charge is 0.340 e. The van der Waals surface area contributed by atoms with Crippen LogP contribution in [-0.2, 0) is 0 Å². The number of aryl methyl sites for hydroxylation is 1. The molecule has 0 aliphatic heterocycles. The maximum absolute atomic E-state index is 12.4. The molecule has 30 heavy (non-hydrogen) atoms. The van der Waals surface area contributed by atoms with E-state index in [0.29, 0.717) is 11.4 Å². The van der Waals surface area contributed by atoms with Crippen molar-refractivity contribution in [2.75, 3.05) is 10.6 Å². The average Bonchev–Trinajstić information content (AvgIpc) is 2.76. The lowest BCUT2D eigenvalue weighted by Crippen LogP contribution is -2.11.